The van der Waals surface area contributed by atoms with Gasteiger partial charge >= 0.3 is 5.97 Å². The molecule has 0 aliphatic rings. The molecule has 2 N–H and O–H groups in total. The second kappa shape index (κ2) is 6.72. The van der Waals surface area contributed by atoms with Gasteiger partial charge in [0.25, 0.3) is 0 Å². The SMILES string of the molecule is CC(C)OC(=O)C(C)CCON(O)O. The molecule has 0 fully saturated rings. The molecule has 0 heterocycles. The Morgan fingerprint density at radius 2 is 1.93 bits per heavy atom. The third-order valence-electron chi connectivity index (χ3n) is 1.51. The van der Waals surface area contributed by atoms with Crippen molar-refractivity contribution in [2.45, 2.75) is 33.3 Å². The first kappa shape index (κ1) is 13.3. The molecule has 6 nitrogen and oxygen atoms in total. The van der Waals surface area contributed by atoms with Gasteiger partial charge in [0.15, 0.2) is 0 Å². The summed E-state index contributed by atoms with van der Waals surface area (Å²) < 4.78 is 4.94. The van der Waals surface area contributed by atoms with Gasteiger partial charge in [-0.3, -0.25) is 20.0 Å². The van der Waals surface area contributed by atoms with E-state index in [9.17, 15) is 4.79 Å². The molecule has 0 aliphatic carbocycles. The van der Waals surface area contributed by atoms with E-state index in [1.54, 1.807) is 20.8 Å². The molecule has 0 aliphatic heterocycles. The van der Waals surface area contributed by atoms with Gasteiger partial charge in [-0.2, -0.15) is 0 Å². The van der Waals surface area contributed by atoms with Gasteiger partial charge in [0.1, 0.15) is 0 Å². The average Bonchev–Trinajstić information content (AvgIpc) is 2.01. The molecule has 0 bridgehead atoms. The zero-order valence-corrected chi connectivity index (χ0v) is 8.64. The molecule has 0 saturated carbocycles. The van der Waals surface area contributed by atoms with Crippen LogP contribution in [0.3, 0.4) is 0 Å². The molecular weight excluding hydrogens is 190 g/mol. The highest BCUT2D eigenvalue weighted by molar-refractivity contribution is 5.72. The Morgan fingerprint density at radius 3 is 2.36 bits per heavy atom. The highest BCUT2D eigenvalue weighted by Crippen LogP contribution is 2.06. The van der Waals surface area contributed by atoms with E-state index in [0.717, 1.165) is 0 Å². The summed E-state index contributed by atoms with van der Waals surface area (Å²) in [6, 6.07) is 0. The fourth-order valence-corrected chi connectivity index (χ4v) is 0.777. The van der Waals surface area contributed by atoms with Crippen molar-refractivity contribution in [1.82, 2.24) is 5.39 Å². The Kier molecular flexibility index (Phi) is 6.39. The molecule has 1 unspecified atom stereocenters. The highest BCUT2D eigenvalue weighted by Gasteiger charge is 2.15. The lowest BCUT2D eigenvalue weighted by atomic mass is 10.1. The van der Waals surface area contributed by atoms with Crippen LogP contribution in [-0.2, 0) is 14.4 Å². The van der Waals surface area contributed by atoms with Crippen molar-refractivity contribution in [2.24, 2.45) is 5.92 Å². The molecule has 0 aromatic rings. The summed E-state index contributed by atoms with van der Waals surface area (Å²) in [6.45, 7) is 5.27. The lowest BCUT2D eigenvalue weighted by molar-refractivity contribution is -0.492. The Labute approximate surface area is 82.9 Å². The third kappa shape index (κ3) is 6.79. The number of esters is 1. The van der Waals surface area contributed by atoms with E-state index in [4.69, 9.17) is 15.2 Å². The lowest BCUT2D eigenvalue weighted by Crippen LogP contribution is -2.22. The van der Waals surface area contributed by atoms with Gasteiger partial charge in [0, 0.05) is 0 Å². The molecule has 0 aromatic carbocycles. The predicted molar refractivity (Wildman–Crippen MR) is 46.4 cm³/mol. The maximum Gasteiger partial charge on any atom is 0.308 e. The molecular formula is C8H17NO5. The number of carbonyl (C=O) groups is 1. The molecule has 0 spiro atoms. The van der Waals surface area contributed by atoms with Crippen molar-refractivity contribution in [3.05, 3.63) is 0 Å². The van der Waals surface area contributed by atoms with Crippen molar-refractivity contribution in [1.29, 1.82) is 0 Å². The van der Waals surface area contributed by atoms with Crippen molar-refractivity contribution in [3.63, 3.8) is 0 Å². The van der Waals surface area contributed by atoms with Crippen LogP contribution in [0.2, 0.25) is 0 Å². The van der Waals surface area contributed by atoms with E-state index in [2.05, 4.69) is 4.84 Å². The van der Waals surface area contributed by atoms with Crippen LogP contribution in [0.25, 0.3) is 0 Å². The Bertz CT molecular complexity index is 171. The molecule has 0 amide bonds. The topological polar surface area (TPSA) is 79.2 Å². The van der Waals surface area contributed by atoms with Crippen molar-refractivity contribution in [3.8, 4) is 0 Å². The Hall–Kier alpha value is -0.690. The number of hydrogen-bond acceptors (Lipinski definition) is 6. The monoisotopic (exact) mass is 207 g/mol. The lowest BCUT2D eigenvalue weighted by Gasteiger charge is -2.13. The van der Waals surface area contributed by atoms with Gasteiger partial charge in [-0.1, -0.05) is 6.92 Å². The first-order chi connectivity index (χ1) is 6.43. The highest BCUT2D eigenvalue weighted by atomic mass is 17.1. The largest absolute Gasteiger partial charge is 0.463 e. The first-order valence-electron chi connectivity index (χ1n) is 4.44. The van der Waals surface area contributed by atoms with Crippen LogP contribution in [-0.4, -0.2) is 34.5 Å². The van der Waals surface area contributed by atoms with Crippen LogP contribution in [0, 0.1) is 5.92 Å². The molecule has 1 atom stereocenters. The average molecular weight is 207 g/mol. The summed E-state index contributed by atoms with van der Waals surface area (Å²) >= 11 is 0. The summed E-state index contributed by atoms with van der Waals surface area (Å²) in [4.78, 5) is 15.5. The summed E-state index contributed by atoms with van der Waals surface area (Å²) in [5.74, 6) is -0.636. The van der Waals surface area contributed by atoms with Crippen LogP contribution < -0.4 is 0 Å². The number of ether oxygens (including phenoxy) is 1. The minimum absolute atomic E-state index is 0.0430. The molecule has 14 heavy (non-hydrogen) atoms. The fraction of sp³-hybridized carbons (Fsp3) is 0.875. The van der Waals surface area contributed by atoms with E-state index in [0.29, 0.717) is 6.42 Å². The van der Waals surface area contributed by atoms with Gasteiger partial charge in [-0.05, 0) is 20.3 Å². The van der Waals surface area contributed by atoms with Crippen molar-refractivity contribution < 1.29 is 24.8 Å². The van der Waals surface area contributed by atoms with Gasteiger partial charge in [-0.25, -0.2) is 0 Å². The number of nitrogens with zero attached hydrogens (tertiary/aromatic N) is 1. The summed E-state index contributed by atoms with van der Waals surface area (Å²) in [5.41, 5.74) is 0. The molecule has 6 heteroatoms. The molecule has 0 saturated heterocycles. The van der Waals surface area contributed by atoms with Crippen molar-refractivity contribution >= 4 is 5.97 Å². The molecule has 84 valence electrons. The van der Waals surface area contributed by atoms with E-state index >= 15 is 0 Å². The minimum Gasteiger partial charge on any atom is -0.463 e. The summed E-state index contributed by atoms with van der Waals surface area (Å²) in [6.07, 6.45) is 0.224. The zero-order valence-electron chi connectivity index (χ0n) is 8.64. The number of carbonyl (C=O) groups excluding carboxylic acids is 1. The smallest absolute Gasteiger partial charge is 0.308 e. The summed E-state index contributed by atoms with van der Waals surface area (Å²) in [5, 5.41) is 16.0. The van der Waals surface area contributed by atoms with Crippen LogP contribution >= 0.6 is 0 Å². The fourth-order valence-electron chi connectivity index (χ4n) is 0.777. The predicted octanol–water partition coefficient (Wildman–Crippen LogP) is 0.976. The van der Waals surface area contributed by atoms with Crippen molar-refractivity contribution in [2.75, 3.05) is 6.61 Å². The second-order valence-corrected chi connectivity index (χ2v) is 3.26. The second-order valence-electron chi connectivity index (χ2n) is 3.26. The molecule has 0 radical (unpaired) electrons. The normalized spacial score (nSPS) is 13.4. The van der Waals surface area contributed by atoms with Gasteiger partial charge < -0.3 is 4.74 Å². The molecule has 0 aromatic heterocycles. The molecule has 0 rings (SSSR count). The standard InChI is InChI=1S/C8H17NO5/c1-6(2)14-8(10)7(3)4-5-13-9(11)12/h6-7,11-12H,4-5H2,1-3H3. The van der Waals surface area contributed by atoms with Crippen LogP contribution in [0.5, 0.6) is 0 Å². The van der Waals surface area contributed by atoms with Gasteiger partial charge in [-0.15, -0.1) is 0 Å². The maximum absolute atomic E-state index is 11.2. The third-order valence-corrected chi connectivity index (χ3v) is 1.51. The van der Waals surface area contributed by atoms with E-state index in [1.165, 1.54) is 0 Å². The van der Waals surface area contributed by atoms with Crippen LogP contribution in [0.15, 0.2) is 0 Å². The Balaban J connectivity index is 3.62. The zero-order chi connectivity index (χ0) is 11.1. The minimum atomic E-state index is -0.375. The van der Waals surface area contributed by atoms with Crippen LogP contribution in [0.1, 0.15) is 27.2 Å². The van der Waals surface area contributed by atoms with E-state index in [1.807, 2.05) is 0 Å². The van der Waals surface area contributed by atoms with Crippen LogP contribution in [0.4, 0.5) is 0 Å². The van der Waals surface area contributed by atoms with Gasteiger partial charge in [0.2, 0.25) is 0 Å². The first-order valence-corrected chi connectivity index (χ1v) is 4.44. The number of hydrogen-bond donors (Lipinski definition) is 2. The van der Waals surface area contributed by atoms with E-state index < -0.39 is 0 Å². The maximum atomic E-state index is 11.2. The number of rotatable bonds is 6. The Morgan fingerprint density at radius 1 is 1.36 bits per heavy atom. The van der Waals surface area contributed by atoms with Gasteiger partial charge in [0.05, 0.1) is 24.0 Å². The van der Waals surface area contributed by atoms with E-state index in [-0.39, 0.29) is 30.0 Å². The quantitative estimate of drug-likeness (QED) is 0.499. The summed E-state index contributed by atoms with van der Waals surface area (Å²) in [7, 11) is 0.